The molecule has 0 atom stereocenters. The zero-order valence-corrected chi connectivity index (χ0v) is 11.9. The zero-order valence-electron chi connectivity index (χ0n) is 10.3. The van der Waals surface area contributed by atoms with Crippen LogP contribution in [-0.2, 0) is 4.74 Å². The summed E-state index contributed by atoms with van der Waals surface area (Å²) in [6, 6.07) is 4.84. The number of carbonyl (C=O) groups is 2. The quantitative estimate of drug-likeness (QED) is 0.619. The van der Waals surface area contributed by atoms with E-state index in [4.69, 9.17) is 4.74 Å². The molecule has 0 saturated carbocycles. The summed E-state index contributed by atoms with van der Waals surface area (Å²) in [5.74, 6) is -0.444. The molecule has 0 radical (unpaired) electrons. The van der Waals surface area contributed by atoms with Crippen LogP contribution in [0.3, 0.4) is 0 Å². The van der Waals surface area contributed by atoms with Gasteiger partial charge in [0.05, 0.1) is 5.56 Å². The van der Waals surface area contributed by atoms with Crippen molar-refractivity contribution in [2.45, 2.75) is 33.3 Å². The molecule has 0 bridgehead atoms. The third-order valence-corrected chi connectivity index (χ3v) is 2.65. The minimum absolute atomic E-state index is 0.0403. The van der Waals surface area contributed by atoms with Crippen LogP contribution in [0.5, 0.6) is 0 Å². The number of ether oxygens (including phenoxy) is 1. The molecule has 17 heavy (non-hydrogen) atoms. The van der Waals surface area contributed by atoms with Gasteiger partial charge in [0.15, 0.2) is 5.78 Å². The first kappa shape index (κ1) is 13.9. The lowest BCUT2D eigenvalue weighted by atomic mass is 10.1. The Labute approximate surface area is 109 Å². The first-order valence-corrected chi connectivity index (χ1v) is 6.04. The van der Waals surface area contributed by atoms with Crippen molar-refractivity contribution in [1.82, 2.24) is 0 Å². The molecule has 1 aromatic rings. The third kappa shape index (κ3) is 3.97. The van der Waals surface area contributed by atoms with Crippen LogP contribution in [0.2, 0.25) is 0 Å². The van der Waals surface area contributed by atoms with E-state index in [-0.39, 0.29) is 5.78 Å². The standard InChI is InChI=1S/C13H15BrO3/c1-8(15)9-5-6-10(11(14)7-9)12(16)17-13(2,3)4/h5-7H,1-4H3. The second-order valence-electron chi connectivity index (χ2n) is 4.75. The van der Waals surface area contributed by atoms with Crippen LogP contribution in [0.4, 0.5) is 0 Å². The lowest BCUT2D eigenvalue weighted by molar-refractivity contribution is 0.00683. The molecule has 0 N–H and O–H groups in total. The smallest absolute Gasteiger partial charge is 0.339 e. The molecule has 0 aliphatic rings. The first-order chi connectivity index (χ1) is 7.70. The number of benzene rings is 1. The van der Waals surface area contributed by atoms with Gasteiger partial charge in [0.1, 0.15) is 5.60 Å². The van der Waals surface area contributed by atoms with Gasteiger partial charge >= 0.3 is 5.97 Å². The van der Waals surface area contributed by atoms with Crippen LogP contribution in [0.25, 0.3) is 0 Å². The van der Waals surface area contributed by atoms with E-state index in [0.717, 1.165) is 0 Å². The number of hydrogen-bond donors (Lipinski definition) is 0. The molecule has 92 valence electrons. The number of carbonyl (C=O) groups excluding carboxylic acids is 2. The molecule has 0 unspecified atom stereocenters. The van der Waals surface area contributed by atoms with Crippen molar-refractivity contribution in [2.75, 3.05) is 0 Å². The van der Waals surface area contributed by atoms with Gasteiger partial charge in [0.25, 0.3) is 0 Å². The van der Waals surface area contributed by atoms with Crippen molar-refractivity contribution in [1.29, 1.82) is 0 Å². The topological polar surface area (TPSA) is 43.4 Å². The highest BCUT2D eigenvalue weighted by Gasteiger charge is 2.20. The Morgan fingerprint density at radius 2 is 1.82 bits per heavy atom. The molecule has 0 amide bonds. The van der Waals surface area contributed by atoms with Gasteiger partial charge in [-0.3, -0.25) is 4.79 Å². The number of Topliss-reactive ketones (excluding diaryl/α,β-unsaturated/α-hetero) is 1. The highest BCUT2D eigenvalue weighted by atomic mass is 79.9. The SMILES string of the molecule is CC(=O)c1ccc(C(=O)OC(C)(C)C)c(Br)c1. The van der Waals surface area contributed by atoms with Gasteiger partial charge < -0.3 is 4.74 Å². The van der Waals surface area contributed by atoms with Crippen LogP contribution in [0.1, 0.15) is 48.4 Å². The predicted molar refractivity (Wildman–Crippen MR) is 69.3 cm³/mol. The van der Waals surface area contributed by atoms with E-state index in [1.165, 1.54) is 6.92 Å². The molecule has 0 heterocycles. The Kier molecular flexibility index (Phi) is 4.09. The Morgan fingerprint density at radius 3 is 2.24 bits per heavy atom. The maximum Gasteiger partial charge on any atom is 0.339 e. The first-order valence-electron chi connectivity index (χ1n) is 5.24. The highest BCUT2D eigenvalue weighted by molar-refractivity contribution is 9.10. The van der Waals surface area contributed by atoms with Gasteiger partial charge in [-0.25, -0.2) is 4.79 Å². The summed E-state index contributed by atoms with van der Waals surface area (Å²) in [5.41, 5.74) is 0.449. The Bertz CT molecular complexity index is 458. The Morgan fingerprint density at radius 1 is 1.24 bits per heavy atom. The summed E-state index contributed by atoms with van der Waals surface area (Å²) in [5, 5.41) is 0. The minimum atomic E-state index is -0.532. The van der Waals surface area contributed by atoms with Crippen molar-refractivity contribution in [3.8, 4) is 0 Å². The van der Waals surface area contributed by atoms with Gasteiger partial charge in [-0.05, 0) is 55.8 Å². The fourth-order valence-electron chi connectivity index (χ4n) is 1.23. The number of halogens is 1. The lowest BCUT2D eigenvalue weighted by Crippen LogP contribution is -2.24. The molecule has 4 heteroatoms. The van der Waals surface area contributed by atoms with Crippen LogP contribution in [-0.4, -0.2) is 17.4 Å². The summed E-state index contributed by atoms with van der Waals surface area (Å²) < 4.78 is 5.82. The van der Waals surface area contributed by atoms with E-state index >= 15 is 0 Å². The maximum atomic E-state index is 11.8. The van der Waals surface area contributed by atoms with Crippen molar-refractivity contribution in [3.63, 3.8) is 0 Å². The van der Waals surface area contributed by atoms with Crippen molar-refractivity contribution >= 4 is 27.7 Å². The molecule has 0 aliphatic carbocycles. The summed E-state index contributed by atoms with van der Waals surface area (Å²) in [7, 11) is 0. The Balaban J connectivity index is 3.00. The molecule has 0 spiro atoms. The van der Waals surface area contributed by atoms with Crippen LogP contribution in [0, 0.1) is 0 Å². The van der Waals surface area contributed by atoms with E-state index in [2.05, 4.69) is 15.9 Å². The van der Waals surface area contributed by atoms with Gasteiger partial charge in [-0.1, -0.05) is 6.07 Å². The van der Waals surface area contributed by atoms with Gasteiger partial charge in [0.2, 0.25) is 0 Å². The van der Waals surface area contributed by atoms with Gasteiger partial charge in [-0.15, -0.1) is 0 Å². The summed E-state index contributed by atoms with van der Waals surface area (Å²) in [6.07, 6.45) is 0. The van der Waals surface area contributed by atoms with Crippen LogP contribution < -0.4 is 0 Å². The minimum Gasteiger partial charge on any atom is -0.456 e. The van der Waals surface area contributed by atoms with Crippen molar-refractivity contribution < 1.29 is 14.3 Å². The predicted octanol–water partition coefficient (Wildman–Crippen LogP) is 3.61. The number of hydrogen-bond acceptors (Lipinski definition) is 3. The van der Waals surface area contributed by atoms with Crippen molar-refractivity contribution in [2.24, 2.45) is 0 Å². The average Bonchev–Trinajstić information content (AvgIpc) is 2.14. The molecule has 0 aliphatic heterocycles. The zero-order chi connectivity index (χ0) is 13.2. The lowest BCUT2D eigenvalue weighted by Gasteiger charge is -2.20. The second kappa shape index (κ2) is 5.00. The molecule has 0 aromatic heterocycles. The highest BCUT2D eigenvalue weighted by Crippen LogP contribution is 2.22. The van der Waals surface area contributed by atoms with Crippen LogP contribution in [0.15, 0.2) is 22.7 Å². The molecular weight excluding hydrogens is 284 g/mol. The van der Waals surface area contributed by atoms with E-state index in [9.17, 15) is 9.59 Å². The normalized spacial score (nSPS) is 11.1. The number of esters is 1. The van der Waals surface area contributed by atoms with Gasteiger partial charge in [0, 0.05) is 10.0 Å². The van der Waals surface area contributed by atoms with E-state index in [1.54, 1.807) is 18.2 Å². The summed E-state index contributed by atoms with van der Waals surface area (Å²) in [6.45, 7) is 6.91. The maximum absolute atomic E-state index is 11.8. The fourth-order valence-corrected chi connectivity index (χ4v) is 1.77. The molecule has 3 nitrogen and oxygen atoms in total. The molecule has 1 aromatic carbocycles. The summed E-state index contributed by atoms with van der Waals surface area (Å²) in [4.78, 5) is 23.0. The van der Waals surface area contributed by atoms with E-state index in [0.29, 0.717) is 15.6 Å². The monoisotopic (exact) mass is 298 g/mol. The average molecular weight is 299 g/mol. The molecular formula is C13H15BrO3. The van der Waals surface area contributed by atoms with E-state index < -0.39 is 11.6 Å². The summed E-state index contributed by atoms with van der Waals surface area (Å²) >= 11 is 3.27. The Hall–Kier alpha value is -1.16. The third-order valence-electron chi connectivity index (χ3n) is 1.99. The van der Waals surface area contributed by atoms with E-state index in [1.807, 2.05) is 20.8 Å². The second-order valence-corrected chi connectivity index (χ2v) is 5.61. The van der Waals surface area contributed by atoms with Crippen LogP contribution >= 0.6 is 15.9 Å². The molecule has 0 saturated heterocycles. The number of ketones is 1. The van der Waals surface area contributed by atoms with Crippen molar-refractivity contribution in [3.05, 3.63) is 33.8 Å². The molecule has 0 fully saturated rings. The van der Waals surface area contributed by atoms with Gasteiger partial charge in [-0.2, -0.15) is 0 Å². The fraction of sp³-hybridized carbons (Fsp3) is 0.385. The number of rotatable bonds is 2. The molecule has 1 rings (SSSR count). The largest absolute Gasteiger partial charge is 0.456 e.